The van der Waals surface area contributed by atoms with E-state index in [1.165, 1.54) is 27.0 Å². The van der Waals surface area contributed by atoms with Gasteiger partial charge in [-0.3, -0.25) is 9.59 Å². The number of hydrogen-bond acceptors (Lipinski definition) is 12. The average Bonchev–Trinajstić information content (AvgIpc) is 2.97. The number of rotatable bonds is 3. The second-order valence-electron chi connectivity index (χ2n) is 12.3. The van der Waals surface area contributed by atoms with Gasteiger partial charge < -0.3 is 43.4 Å². The van der Waals surface area contributed by atoms with Gasteiger partial charge in [0.15, 0.2) is 12.4 Å². The molecule has 0 saturated carbocycles. The van der Waals surface area contributed by atoms with Gasteiger partial charge in [0, 0.05) is 31.8 Å². The third kappa shape index (κ3) is 9.34. The molecule has 0 spiro atoms. The third-order valence-electron chi connectivity index (χ3n) is 8.76. The molecule has 2 N–H and O–H groups in total. The summed E-state index contributed by atoms with van der Waals surface area (Å²) in [7, 11) is 1.22. The third-order valence-corrected chi connectivity index (χ3v) is 8.76. The van der Waals surface area contributed by atoms with Crippen LogP contribution in [0, 0.1) is 5.92 Å². The summed E-state index contributed by atoms with van der Waals surface area (Å²) in [4.78, 5) is 37.4. The van der Waals surface area contributed by atoms with E-state index < -0.39 is 60.3 Å². The molecule has 0 radical (unpaired) electrons. The van der Waals surface area contributed by atoms with Crippen LogP contribution in [0.3, 0.4) is 0 Å². The lowest BCUT2D eigenvalue weighted by Gasteiger charge is -2.46. The van der Waals surface area contributed by atoms with E-state index in [0.29, 0.717) is 13.0 Å². The van der Waals surface area contributed by atoms with Gasteiger partial charge in [0.05, 0.1) is 44.2 Å². The minimum Gasteiger partial charge on any atom is -0.466 e. The van der Waals surface area contributed by atoms with Crippen molar-refractivity contribution in [2.45, 2.75) is 140 Å². The summed E-state index contributed by atoms with van der Waals surface area (Å²) in [6, 6.07) is 0. The molecule has 12 nitrogen and oxygen atoms in total. The Morgan fingerprint density at radius 3 is 2.50 bits per heavy atom. The molecular weight excluding hydrogens is 576 g/mol. The van der Waals surface area contributed by atoms with E-state index in [0.717, 1.165) is 38.5 Å². The molecule has 4 aliphatic rings. The summed E-state index contributed by atoms with van der Waals surface area (Å²) in [5, 5.41) is 22.6. The standard InChI is InChI=1S/C32H48O12/c1-19-11-12-30-39-14-13-25(42-30)17-24-9-5-7-23(41-24)8-6-10-28(35)43-27(20(2)33)18-26-15-22(16-29(36)38-4)31(40-21(3)34)32(19,37)44-26/h11-12,16,19-20,23-27,30-31,33,37H,5-10,13-15,17-18H2,1-4H3/b12-11+,22-16+/t19-,20+,23-,24+,25-,26?,27?,30-,31-,32-/m0/s1. The summed E-state index contributed by atoms with van der Waals surface area (Å²) in [6.07, 6.45) is 5.65. The number of methoxy groups -OCH3 is 1. The molecule has 0 amide bonds. The van der Waals surface area contributed by atoms with Crippen molar-refractivity contribution in [1.29, 1.82) is 0 Å². The lowest BCUT2D eigenvalue weighted by molar-refractivity contribution is -0.306. The molecular formula is C32H48O12. The highest BCUT2D eigenvalue weighted by Crippen LogP contribution is 2.41. The Morgan fingerprint density at radius 1 is 1.05 bits per heavy atom. The minimum absolute atomic E-state index is 0.0113. The maximum atomic E-state index is 12.8. The van der Waals surface area contributed by atoms with Gasteiger partial charge in [0.2, 0.25) is 5.79 Å². The van der Waals surface area contributed by atoms with Crippen molar-refractivity contribution >= 4 is 17.9 Å². The number of carbonyl (C=O) groups is 3. The number of ether oxygens (including phenoxy) is 7. The monoisotopic (exact) mass is 624 g/mol. The van der Waals surface area contributed by atoms with Gasteiger partial charge in [-0.15, -0.1) is 0 Å². The van der Waals surface area contributed by atoms with Gasteiger partial charge in [0.25, 0.3) is 0 Å². The SMILES string of the molecule is COC(=O)/C=C1\CC2CC([C@@H](C)O)OC(=O)CCC[C@@H]3CCC[C@H](C[C@@H]4CCO[C@H](/C=C/[C@H](C)[C@](O)(O2)[C@H]1OC(C)=O)O4)O3. The molecule has 3 fully saturated rings. The van der Waals surface area contributed by atoms with Crippen LogP contribution in [-0.2, 0) is 47.5 Å². The van der Waals surface area contributed by atoms with Gasteiger partial charge in [0.1, 0.15) is 6.10 Å². The van der Waals surface area contributed by atoms with Crippen LogP contribution in [0.1, 0.15) is 85.0 Å². The average molecular weight is 625 g/mol. The van der Waals surface area contributed by atoms with Gasteiger partial charge >= 0.3 is 17.9 Å². The summed E-state index contributed by atoms with van der Waals surface area (Å²) < 4.78 is 40.7. The van der Waals surface area contributed by atoms with Gasteiger partial charge in [-0.1, -0.05) is 13.0 Å². The van der Waals surface area contributed by atoms with Crippen LogP contribution >= 0.6 is 0 Å². The Labute approximate surface area is 259 Å². The maximum absolute atomic E-state index is 12.8. The van der Waals surface area contributed by atoms with Gasteiger partial charge in [-0.2, -0.15) is 0 Å². The van der Waals surface area contributed by atoms with E-state index in [2.05, 4.69) is 0 Å². The Balaban J connectivity index is 1.66. The highest BCUT2D eigenvalue weighted by Gasteiger charge is 2.52. The molecule has 10 atom stereocenters. The van der Waals surface area contributed by atoms with Crippen LogP contribution in [0.2, 0.25) is 0 Å². The van der Waals surface area contributed by atoms with Crippen molar-refractivity contribution in [3.8, 4) is 0 Å². The van der Waals surface area contributed by atoms with Crippen molar-refractivity contribution in [3.05, 3.63) is 23.8 Å². The summed E-state index contributed by atoms with van der Waals surface area (Å²) in [5.41, 5.74) is 0.264. The van der Waals surface area contributed by atoms with Crippen molar-refractivity contribution in [3.63, 3.8) is 0 Å². The molecule has 0 aliphatic carbocycles. The topological polar surface area (TPSA) is 156 Å². The van der Waals surface area contributed by atoms with Crippen molar-refractivity contribution in [1.82, 2.24) is 0 Å². The Kier molecular flexibility index (Phi) is 12.4. The molecule has 3 saturated heterocycles. The Morgan fingerprint density at radius 2 is 1.77 bits per heavy atom. The number of aliphatic hydroxyl groups excluding tert-OH is 1. The molecule has 0 aromatic rings. The first-order valence-electron chi connectivity index (χ1n) is 15.8. The lowest BCUT2D eigenvalue weighted by atomic mass is 9.83. The zero-order valence-electron chi connectivity index (χ0n) is 26.2. The van der Waals surface area contributed by atoms with Crippen molar-refractivity contribution in [2.75, 3.05) is 13.7 Å². The normalized spacial score (nSPS) is 39.8. The van der Waals surface area contributed by atoms with E-state index in [9.17, 15) is 24.6 Å². The summed E-state index contributed by atoms with van der Waals surface area (Å²) in [6.45, 7) is 4.89. The number of cyclic esters (lactones) is 1. The van der Waals surface area contributed by atoms with Gasteiger partial charge in [-0.05, 0) is 69.9 Å². The molecule has 0 aromatic carbocycles. The predicted molar refractivity (Wildman–Crippen MR) is 155 cm³/mol. The van der Waals surface area contributed by atoms with E-state index in [1.807, 2.05) is 0 Å². The fourth-order valence-corrected chi connectivity index (χ4v) is 6.40. The second kappa shape index (κ2) is 15.8. The first-order chi connectivity index (χ1) is 21.0. The highest BCUT2D eigenvalue weighted by molar-refractivity contribution is 5.83. The number of fused-ring (bicyclic) bond motifs is 6. The lowest BCUT2D eigenvalue weighted by Crippen LogP contribution is -2.58. The van der Waals surface area contributed by atoms with E-state index in [4.69, 9.17) is 33.2 Å². The highest BCUT2D eigenvalue weighted by atomic mass is 16.7. The van der Waals surface area contributed by atoms with Crippen LogP contribution < -0.4 is 0 Å². The smallest absolute Gasteiger partial charge is 0.330 e. The van der Waals surface area contributed by atoms with E-state index in [1.54, 1.807) is 19.1 Å². The number of carbonyl (C=O) groups excluding carboxylic acids is 3. The predicted octanol–water partition coefficient (Wildman–Crippen LogP) is 3.01. The first-order valence-corrected chi connectivity index (χ1v) is 15.8. The number of esters is 3. The van der Waals surface area contributed by atoms with Crippen LogP contribution in [0.25, 0.3) is 0 Å². The summed E-state index contributed by atoms with van der Waals surface area (Å²) >= 11 is 0. The van der Waals surface area contributed by atoms with Gasteiger partial charge in [-0.25, -0.2) is 4.79 Å². The van der Waals surface area contributed by atoms with Crippen molar-refractivity contribution < 1.29 is 57.8 Å². The molecule has 6 bridgehead atoms. The van der Waals surface area contributed by atoms with E-state index >= 15 is 0 Å². The number of aliphatic hydroxyl groups is 2. The Hall–Kier alpha value is -2.35. The first kappa shape index (κ1) is 34.5. The van der Waals surface area contributed by atoms with Crippen LogP contribution in [-0.4, -0.2) is 96.6 Å². The fraction of sp³-hybridized carbons (Fsp3) is 0.781. The molecule has 248 valence electrons. The molecule has 0 aromatic heterocycles. The van der Waals surface area contributed by atoms with Crippen LogP contribution in [0.15, 0.2) is 23.8 Å². The van der Waals surface area contributed by atoms with E-state index in [-0.39, 0.29) is 43.1 Å². The molecule has 44 heavy (non-hydrogen) atoms. The quantitative estimate of drug-likeness (QED) is 0.205. The Bertz CT molecular complexity index is 1060. The van der Waals surface area contributed by atoms with Crippen LogP contribution in [0.5, 0.6) is 0 Å². The zero-order chi connectivity index (χ0) is 31.9. The van der Waals surface area contributed by atoms with Crippen LogP contribution in [0.4, 0.5) is 0 Å². The molecule has 4 rings (SSSR count). The molecule has 4 heterocycles. The fourth-order valence-electron chi connectivity index (χ4n) is 6.40. The molecule has 4 aliphatic heterocycles. The molecule has 2 unspecified atom stereocenters. The largest absolute Gasteiger partial charge is 0.466 e. The minimum atomic E-state index is -2.14. The summed E-state index contributed by atoms with van der Waals surface area (Å²) in [5.74, 6) is -4.78. The maximum Gasteiger partial charge on any atom is 0.330 e. The number of hydrogen-bond donors (Lipinski definition) is 2. The molecule has 12 heteroatoms. The van der Waals surface area contributed by atoms with Crippen molar-refractivity contribution in [2.24, 2.45) is 5.92 Å². The zero-order valence-corrected chi connectivity index (χ0v) is 26.2. The second-order valence-corrected chi connectivity index (χ2v) is 12.3.